The van der Waals surface area contributed by atoms with Crippen molar-refractivity contribution in [3.63, 3.8) is 0 Å². The molecule has 5 aromatic rings. The molecule has 168 valence electrons. The smallest absolute Gasteiger partial charge is 0.124 e. The molecule has 2 heterocycles. The monoisotopic (exact) mass is 439 g/mol. The van der Waals surface area contributed by atoms with Crippen molar-refractivity contribution in [3.8, 4) is 17.0 Å². The quantitative estimate of drug-likeness (QED) is 0.295. The number of H-pyrrole nitrogens is 2. The maximum Gasteiger partial charge on any atom is 0.124 e. The highest BCUT2D eigenvalue weighted by molar-refractivity contribution is 5.88. The maximum absolute atomic E-state index is 5.35. The van der Waals surface area contributed by atoms with E-state index in [2.05, 4.69) is 89.8 Å². The van der Waals surface area contributed by atoms with Crippen LogP contribution in [0, 0.1) is 12.8 Å². The van der Waals surface area contributed by atoms with E-state index < -0.39 is 0 Å². The van der Waals surface area contributed by atoms with Crippen LogP contribution in [0.15, 0.2) is 60.8 Å². The molecule has 3 N–H and O–H groups in total. The van der Waals surface area contributed by atoms with Crippen molar-refractivity contribution in [2.75, 3.05) is 7.11 Å². The third-order valence-corrected chi connectivity index (χ3v) is 6.18. The molecule has 0 bridgehead atoms. The van der Waals surface area contributed by atoms with Crippen molar-refractivity contribution in [2.45, 2.75) is 33.4 Å². The van der Waals surface area contributed by atoms with Gasteiger partial charge in [-0.15, -0.1) is 0 Å². The fourth-order valence-corrected chi connectivity index (χ4v) is 4.36. The molecule has 6 nitrogen and oxygen atoms in total. The summed E-state index contributed by atoms with van der Waals surface area (Å²) in [5.74, 6) is 2.20. The van der Waals surface area contributed by atoms with Gasteiger partial charge in [0.25, 0.3) is 0 Å². The van der Waals surface area contributed by atoms with Gasteiger partial charge in [-0.2, -0.15) is 5.10 Å². The largest absolute Gasteiger partial charge is 0.497 e. The van der Waals surface area contributed by atoms with E-state index in [-0.39, 0.29) is 6.04 Å². The summed E-state index contributed by atoms with van der Waals surface area (Å²) in [7, 11) is 1.69. The van der Waals surface area contributed by atoms with Crippen molar-refractivity contribution in [1.82, 2.24) is 25.5 Å². The van der Waals surface area contributed by atoms with E-state index in [0.29, 0.717) is 12.5 Å². The molecular weight excluding hydrogens is 410 g/mol. The number of nitrogens with one attached hydrogen (secondary N) is 3. The number of aromatic nitrogens is 4. The van der Waals surface area contributed by atoms with Crippen LogP contribution < -0.4 is 10.1 Å². The molecular formula is C27H29N5O. The summed E-state index contributed by atoms with van der Waals surface area (Å²) in [6, 6.07) is 19.0. The first-order chi connectivity index (χ1) is 16.0. The predicted octanol–water partition coefficient (Wildman–Crippen LogP) is 5.91. The fraction of sp³-hybridized carbons (Fsp3) is 0.259. The number of aryl methyl sites for hydroxylation is 1. The van der Waals surface area contributed by atoms with Gasteiger partial charge in [0.15, 0.2) is 0 Å². The van der Waals surface area contributed by atoms with E-state index in [4.69, 9.17) is 9.72 Å². The Hall–Kier alpha value is -3.64. The minimum Gasteiger partial charge on any atom is -0.497 e. The molecule has 0 aliphatic carbocycles. The fourth-order valence-electron chi connectivity index (χ4n) is 4.36. The molecule has 0 radical (unpaired) electrons. The zero-order valence-electron chi connectivity index (χ0n) is 19.4. The maximum atomic E-state index is 5.35. The van der Waals surface area contributed by atoms with Crippen LogP contribution in [0.3, 0.4) is 0 Å². The van der Waals surface area contributed by atoms with Gasteiger partial charge >= 0.3 is 0 Å². The molecule has 5 rings (SSSR count). The van der Waals surface area contributed by atoms with Crippen LogP contribution in [-0.2, 0) is 6.54 Å². The number of nitrogens with zero attached hydrogens (tertiary/aromatic N) is 2. The van der Waals surface area contributed by atoms with Gasteiger partial charge in [-0.05, 0) is 59.5 Å². The predicted molar refractivity (Wildman–Crippen MR) is 133 cm³/mol. The van der Waals surface area contributed by atoms with Crippen LogP contribution in [0.25, 0.3) is 33.1 Å². The van der Waals surface area contributed by atoms with E-state index in [0.717, 1.165) is 44.8 Å². The highest BCUT2D eigenvalue weighted by Gasteiger charge is 2.20. The molecule has 0 unspecified atom stereocenters. The molecule has 1 atom stereocenters. The summed E-state index contributed by atoms with van der Waals surface area (Å²) in [4.78, 5) is 8.37. The van der Waals surface area contributed by atoms with Crippen molar-refractivity contribution in [2.24, 2.45) is 5.92 Å². The first-order valence-corrected chi connectivity index (χ1v) is 11.3. The molecule has 2 aromatic heterocycles. The Labute approximate surface area is 193 Å². The molecule has 0 amide bonds. The van der Waals surface area contributed by atoms with Crippen LogP contribution in [0.4, 0.5) is 0 Å². The first kappa shape index (κ1) is 21.2. The molecule has 0 saturated carbocycles. The summed E-state index contributed by atoms with van der Waals surface area (Å²) in [6.07, 6.45) is 1.90. The van der Waals surface area contributed by atoms with Crippen LogP contribution in [0.2, 0.25) is 0 Å². The Morgan fingerprint density at radius 3 is 2.64 bits per heavy atom. The Morgan fingerprint density at radius 1 is 1.00 bits per heavy atom. The third-order valence-electron chi connectivity index (χ3n) is 6.18. The van der Waals surface area contributed by atoms with Gasteiger partial charge in [0.05, 0.1) is 36.1 Å². The third kappa shape index (κ3) is 4.22. The number of imidazole rings is 1. The van der Waals surface area contributed by atoms with Gasteiger partial charge in [0, 0.05) is 17.7 Å². The van der Waals surface area contributed by atoms with Crippen LogP contribution >= 0.6 is 0 Å². The summed E-state index contributed by atoms with van der Waals surface area (Å²) in [6.45, 7) is 7.21. The minimum absolute atomic E-state index is 0.101. The zero-order valence-corrected chi connectivity index (χ0v) is 19.4. The Kier molecular flexibility index (Phi) is 5.60. The topological polar surface area (TPSA) is 78.6 Å². The summed E-state index contributed by atoms with van der Waals surface area (Å²) in [5.41, 5.74) is 6.57. The number of hydrogen-bond acceptors (Lipinski definition) is 4. The number of rotatable bonds is 7. The Morgan fingerprint density at radius 2 is 1.82 bits per heavy atom. The van der Waals surface area contributed by atoms with Crippen molar-refractivity contribution < 1.29 is 4.74 Å². The minimum atomic E-state index is 0.101. The molecule has 3 aromatic carbocycles. The molecule has 0 aliphatic heterocycles. The second-order valence-corrected chi connectivity index (χ2v) is 8.94. The van der Waals surface area contributed by atoms with E-state index in [9.17, 15) is 0 Å². The van der Waals surface area contributed by atoms with Gasteiger partial charge in [-0.1, -0.05) is 38.1 Å². The second-order valence-electron chi connectivity index (χ2n) is 8.94. The number of aromatic amines is 2. The van der Waals surface area contributed by atoms with Gasteiger partial charge < -0.3 is 15.0 Å². The zero-order chi connectivity index (χ0) is 22.9. The average Bonchev–Trinajstić information content (AvgIpc) is 3.45. The van der Waals surface area contributed by atoms with Crippen LogP contribution in [-0.4, -0.2) is 27.3 Å². The van der Waals surface area contributed by atoms with Gasteiger partial charge in [0.2, 0.25) is 0 Å². The van der Waals surface area contributed by atoms with Gasteiger partial charge in [0.1, 0.15) is 11.6 Å². The standard InChI is InChI=1S/C27H29N5O/c1-16(2)25(27-30-23-10-5-17(3)11-24(23)31-27)28-14-21-15-29-32-26(21)20-7-6-19-13-22(33-4)9-8-18(19)12-20/h5-13,15-16,25,28H,14H2,1-4H3,(H,29,32)(H,30,31)/t25-/m1/s1. The molecule has 0 saturated heterocycles. The highest BCUT2D eigenvalue weighted by Crippen LogP contribution is 2.29. The molecule has 0 aliphatic rings. The lowest BCUT2D eigenvalue weighted by molar-refractivity contribution is 0.396. The Bertz CT molecular complexity index is 1410. The number of benzene rings is 3. The summed E-state index contributed by atoms with van der Waals surface area (Å²) in [5, 5.41) is 13.6. The average molecular weight is 440 g/mol. The summed E-state index contributed by atoms with van der Waals surface area (Å²) < 4.78 is 5.35. The SMILES string of the molecule is COc1ccc2cc(-c3[nH]ncc3CN[C@@H](c3nc4ccc(C)cc4[nH]3)C(C)C)ccc2c1. The van der Waals surface area contributed by atoms with E-state index >= 15 is 0 Å². The van der Waals surface area contributed by atoms with Crippen LogP contribution in [0.5, 0.6) is 5.75 Å². The second kappa shape index (κ2) is 8.71. The lowest BCUT2D eigenvalue weighted by atomic mass is 10.0. The van der Waals surface area contributed by atoms with Crippen molar-refractivity contribution in [1.29, 1.82) is 0 Å². The van der Waals surface area contributed by atoms with Crippen molar-refractivity contribution in [3.05, 3.63) is 77.7 Å². The number of ether oxygens (including phenoxy) is 1. The summed E-state index contributed by atoms with van der Waals surface area (Å²) >= 11 is 0. The number of fused-ring (bicyclic) bond motifs is 2. The van der Waals surface area contributed by atoms with Gasteiger partial charge in [-0.3, -0.25) is 5.10 Å². The number of hydrogen-bond donors (Lipinski definition) is 3. The van der Waals surface area contributed by atoms with Crippen molar-refractivity contribution >= 4 is 21.8 Å². The molecule has 0 spiro atoms. The number of methoxy groups -OCH3 is 1. The van der Waals surface area contributed by atoms with E-state index in [1.807, 2.05) is 12.3 Å². The molecule has 6 heteroatoms. The highest BCUT2D eigenvalue weighted by atomic mass is 16.5. The lowest BCUT2D eigenvalue weighted by Gasteiger charge is -2.20. The van der Waals surface area contributed by atoms with Crippen LogP contribution in [0.1, 0.15) is 36.8 Å². The first-order valence-electron chi connectivity index (χ1n) is 11.3. The van der Waals surface area contributed by atoms with Gasteiger partial charge in [-0.25, -0.2) is 4.98 Å². The van der Waals surface area contributed by atoms with E-state index in [1.54, 1.807) is 7.11 Å². The normalized spacial score (nSPS) is 12.6. The Balaban J connectivity index is 1.39. The molecule has 33 heavy (non-hydrogen) atoms. The molecule has 0 fully saturated rings. The van der Waals surface area contributed by atoms with E-state index in [1.165, 1.54) is 10.9 Å². The lowest BCUT2D eigenvalue weighted by Crippen LogP contribution is -2.26.